The quantitative estimate of drug-likeness (QED) is 0.338. The van der Waals surface area contributed by atoms with Crippen LogP contribution in [-0.2, 0) is 22.6 Å². The highest BCUT2D eigenvalue weighted by atomic mass is 32.2. The number of carbonyl (C=O) groups excluding carboxylic acids is 2. The maximum absolute atomic E-state index is 13.8. The molecule has 0 radical (unpaired) electrons. The topological polar surface area (TPSA) is 49.4 Å². The Morgan fingerprint density at radius 3 is 2.17 bits per heavy atom. The highest BCUT2D eigenvalue weighted by Gasteiger charge is 2.31. The first kappa shape index (κ1) is 26.0. The van der Waals surface area contributed by atoms with Crippen LogP contribution in [0.1, 0.15) is 48.8 Å². The van der Waals surface area contributed by atoms with E-state index in [4.69, 9.17) is 0 Å². The van der Waals surface area contributed by atoms with Crippen molar-refractivity contribution in [3.8, 4) is 0 Å². The molecular weight excluding hydrogens is 464 g/mol. The highest BCUT2D eigenvalue weighted by Crippen LogP contribution is 2.22. The molecule has 0 heterocycles. The number of hydrogen-bond donors (Lipinski definition) is 1. The fourth-order valence-electron chi connectivity index (χ4n) is 4.73. The minimum absolute atomic E-state index is 0.0239. The van der Waals surface area contributed by atoms with E-state index in [0.29, 0.717) is 13.0 Å². The Hall–Kier alpha value is -3.05. The molecule has 1 N–H and O–H groups in total. The van der Waals surface area contributed by atoms with Gasteiger partial charge in [0.1, 0.15) is 6.04 Å². The van der Waals surface area contributed by atoms with Gasteiger partial charge in [-0.3, -0.25) is 9.59 Å². The van der Waals surface area contributed by atoms with Crippen LogP contribution in [0.4, 0.5) is 0 Å². The van der Waals surface area contributed by atoms with Gasteiger partial charge in [-0.2, -0.15) is 0 Å². The third-order valence-electron chi connectivity index (χ3n) is 6.80. The van der Waals surface area contributed by atoms with E-state index < -0.39 is 6.04 Å². The third-order valence-corrected chi connectivity index (χ3v) is 7.80. The molecule has 3 aromatic carbocycles. The van der Waals surface area contributed by atoms with Crippen LogP contribution < -0.4 is 5.32 Å². The van der Waals surface area contributed by atoms with Gasteiger partial charge in [0.15, 0.2) is 0 Å². The molecule has 1 unspecified atom stereocenters. The zero-order chi connectivity index (χ0) is 25.2. The summed E-state index contributed by atoms with van der Waals surface area (Å²) in [4.78, 5) is 30.4. The summed E-state index contributed by atoms with van der Waals surface area (Å²) < 4.78 is 0. The van der Waals surface area contributed by atoms with E-state index in [1.165, 1.54) is 23.7 Å². The molecule has 1 aliphatic rings. The van der Waals surface area contributed by atoms with Gasteiger partial charge >= 0.3 is 0 Å². The third kappa shape index (κ3) is 7.72. The van der Waals surface area contributed by atoms with E-state index in [1.54, 1.807) is 4.90 Å². The second-order valence-corrected chi connectivity index (χ2v) is 10.7. The summed E-state index contributed by atoms with van der Waals surface area (Å²) in [7, 11) is 0. The van der Waals surface area contributed by atoms with E-state index in [2.05, 4.69) is 36.5 Å². The maximum Gasteiger partial charge on any atom is 0.243 e. The van der Waals surface area contributed by atoms with Gasteiger partial charge in [-0.05, 0) is 43.0 Å². The van der Waals surface area contributed by atoms with Crippen LogP contribution in [0.5, 0.6) is 0 Å². The molecule has 1 saturated carbocycles. The lowest BCUT2D eigenvalue weighted by molar-refractivity contribution is -0.139. The van der Waals surface area contributed by atoms with E-state index in [-0.39, 0.29) is 23.6 Å². The lowest BCUT2D eigenvalue weighted by atomic mass is 9.94. The Balaban J connectivity index is 1.60. The maximum atomic E-state index is 13.8. The molecule has 3 aromatic rings. The number of thioether (sulfide) groups is 1. The number of hydrogen-bond acceptors (Lipinski definition) is 3. The number of nitrogens with one attached hydrogen (secondary N) is 1. The molecule has 36 heavy (non-hydrogen) atoms. The molecule has 0 saturated heterocycles. The summed E-state index contributed by atoms with van der Waals surface area (Å²) in [5.74, 6) is 0.220. The highest BCUT2D eigenvalue weighted by molar-refractivity contribution is 8.00. The Morgan fingerprint density at radius 1 is 0.861 bits per heavy atom. The summed E-state index contributed by atoms with van der Waals surface area (Å²) in [5.41, 5.74) is 3.26. The molecule has 0 spiro atoms. The van der Waals surface area contributed by atoms with Crippen LogP contribution in [0, 0.1) is 6.92 Å². The SMILES string of the molecule is Cc1ccc(CN(C(=O)CSc2ccccc2)C(Cc2ccccc2)C(=O)NC2CCCCC2)cc1. The van der Waals surface area contributed by atoms with E-state index in [9.17, 15) is 9.59 Å². The Morgan fingerprint density at radius 2 is 1.50 bits per heavy atom. The monoisotopic (exact) mass is 500 g/mol. The first-order valence-electron chi connectivity index (χ1n) is 13.0. The van der Waals surface area contributed by atoms with Crippen molar-refractivity contribution in [2.24, 2.45) is 0 Å². The molecule has 0 aliphatic heterocycles. The lowest BCUT2D eigenvalue weighted by Gasteiger charge is -2.33. The number of rotatable bonds is 10. The van der Waals surface area contributed by atoms with Gasteiger partial charge in [-0.25, -0.2) is 0 Å². The zero-order valence-electron chi connectivity index (χ0n) is 21.1. The molecule has 1 fully saturated rings. The molecule has 1 atom stereocenters. The van der Waals surface area contributed by atoms with Crippen molar-refractivity contribution in [3.63, 3.8) is 0 Å². The molecule has 2 amide bonds. The van der Waals surface area contributed by atoms with Crippen LogP contribution in [0.3, 0.4) is 0 Å². The second-order valence-electron chi connectivity index (χ2n) is 9.66. The summed E-state index contributed by atoms with van der Waals surface area (Å²) in [6.07, 6.45) is 6.04. The molecule has 1 aliphatic carbocycles. The molecule has 5 heteroatoms. The number of nitrogens with zero attached hydrogens (tertiary/aromatic N) is 1. The Kier molecular flexibility index (Phi) is 9.62. The molecule has 188 valence electrons. The van der Waals surface area contributed by atoms with Crippen molar-refractivity contribution in [2.45, 2.75) is 69.0 Å². The van der Waals surface area contributed by atoms with E-state index in [0.717, 1.165) is 41.7 Å². The van der Waals surface area contributed by atoms with Crippen molar-refractivity contribution >= 4 is 23.6 Å². The zero-order valence-corrected chi connectivity index (χ0v) is 21.9. The lowest BCUT2D eigenvalue weighted by Crippen LogP contribution is -2.53. The van der Waals surface area contributed by atoms with Gasteiger partial charge in [0.05, 0.1) is 5.75 Å². The second kappa shape index (κ2) is 13.3. The predicted molar refractivity (Wildman–Crippen MR) is 148 cm³/mol. The van der Waals surface area contributed by atoms with Crippen LogP contribution >= 0.6 is 11.8 Å². The summed E-state index contributed by atoms with van der Waals surface area (Å²) in [6.45, 7) is 2.46. The van der Waals surface area contributed by atoms with Crippen LogP contribution in [0.2, 0.25) is 0 Å². The normalized spacial score (nSPS) is 14.7. The Labute approximate surface area is 219 Å². The minimum atomic E-state index is -0.570. The number of amides is 2. The average molecular weight is 501 g/mol. The number of aryl methyl sites for hydroxylation is 1. The first-order valence-corrected chi connectivity index (χ1v) is 13.9. The molecular formula is C31H36N2O2S. The Bertz CT molecular complexity index is 1100. The average Bonchev–Trinajstić information content (AvgIpc) is 2.92. The summed E-state index contributed by atoms with van der Waals surface area (Å²) in [5, 5.41) is 3.30. The minimum Gasteiger partial charge on any atom is -0.352 e. The first-order chi connectivity index (χ1) is 17.6. The van der Waals surface area contributed by atoms with Crippen LogP contribution in [0.25, 0.3) is 0 Å². The van der Waals surface area contributed by atoms with Gasteiger partial charge in [0, 0.05) is 23.9 Å². The largest absolute Gasteiger partial charge is 0.352 e. The van der Waals surface area contributed by atoms with Gasteiger partial charge in [0.2, 0.25) is 11.8 Å². The predicted octanol–water partition coefficient (Wildman–Crippen LogP) is 6.18. The molecule has 0 aromatic heterocycles. The van der Waals surface area contributed by atoms with Crippen molar-refractivity contribution in [1.82, 2.24) is 10.2 Å². The van der Waals surface area contributed by atoms with Gasteiger partial charge < -0.3 is 10.2 Å². The van der Waals surface area contributed by atoms with Crippen LogP contribution in [0.15, 0.2) is 89.8 Å². The fourth-order valence-corrected chi connectivity index (χ4v) is 5.54. The standard InChI is InChI=1S/C31H36N2O2S/c1-24-17-19-26(20-18-24)22-33(30(34)23-36-28-15-9-4-10-16-28)29(21-25-11-5-2-6-12-25)31(35)32-27-13-7-3-8-14-27/h2,4-6,9-12,15-20,27,29H,3,7-8,13-14,21-23H2,1H3,(H,32,35). The van der Waals surface area contributed by atoms with E-state index in [1.807, 2.05) is 60.7 Å². The summed E-state index contributed by atoms with van der Waals surface area (Å²) >= 11 is 1.52. The number of benzene rings is 3. The fraction of sp³-hybridized carbons (Fsp3) is 0.355. The van der Waals surface area contributed by atoms with Crippen molar-refractivity contribution in [1.29, 1.82) is 0 Å². The summed E-state index contributed by atoms with van der Waals surface area (Å²) in [6, 6.07) is 27.8. The van der Waals surface area contributed by atoms with Crippen molar-refractivity contribution in [2.75, 3.05) is 5.75 Å². The van der Waals surface area contributed by atoms with Gasteiger partial charge in [0.25, 0.3) is 0 Å². The molecule has 4 nitrogen and oxygen atoms in total. The van der Waals surface area contributed by atoms with Crippen molar-refractivity contribution in [3.05, 3.63) is 102 Å². The number of carbonyl (C=O) groups is 2. The molecule has 0 bridgehead atoms. The van der Waals surface area contributed by atoms with E-state index >= 15 is 0 Å². The van der Waals surface area contributed by atoms with Crippen LogP contribution in [-0.4, -0.2) is 34.6 Å². The van der Waals surface area contributed by atoms with Crippen molar-refractivity contribution < 1.29 is 9.59 Å². The van der Waals surface area contributed by atoms with Gasteiger partial charge in [-0.15, -0.1) is 11.8 Å². The molecule has 4 rings (SSSR count). The van der Waals surface area contributed by atoms with Gasteiger partial charge in [-0.1, -0.05) is 97.6 Å². The smallest absolute Gasteiger partial charge is 0.243 e.